The summed E-state index contributed by atoms with van der Waals surface area (Å²) in [6.45, 7) is 1.84. The van der Waals surface area contributed by atoms with Gasteiger partial charge >= 0.3 is 18.4 Å². The maximum absolute atomic E-state index is 13.2. The molecule has 0 bridgehead atoms. The summed E-state index contributed by atoms with van der Waals surface area (Å²) in [7, 11) is 0. The lowest BCUT2D eigenvalue weighted by Crippen LogP contribution is -2.45. The van der Waals surface area contributed by atoms with Gasteiger partial charge in [-0.1, -0.05) is 30.3 Å². The van der Waals surface area contributed by atoms with Crippen LogP contribution >= 0.6 is 0 Å². The Morgan fingerprint density at radius 3 is 2.09 bits per heavy atom. The lowest BCUT2D eigenvalue weighted by Gasteiger charge is -2.30. The van der Waals surface area contributed by atoms with Gasteiger partial charge in [-0.15, -0.1) is 0 Å². The zero-order valence-electron chi connectivity index (χ0n) is 18.8. The Balaban J connectivity index is 1.53. The standard InChI is InChI=1S/C24H25F6N3O2/c25-23(26,27)19-10-17(11-20(12-19)24(28,29)30)13-35-15-22(18-6-2-1-3-7-18)14-33(21(34)31-22)16-32-8-4-5-9-32/h1-3,6-7,10-12H,4-5,8-9,13-16H2,(H,31,34). The largest absolute Gasteiger partial charge is 0.416 e. The van der Waals surface area contributed by atoms with Crippen LogP contribution in [-0.2, 0) is 29.2 Å². The van der Waals surface area contributed by atoms with Crippen LogP contribution in [0.15, 0.2) is 48.5 Å². The Morgan fingerprint density at radius 2 is 1.51 bits per heavy atom. The predicted octanol–water partition coefficient (Wildman–Crippen LogP) is 5.21. The molecule has 0 radical (unpaired) electrons. The first kappa shape index (κ1) is 25.3. The van der Waals surface area contributed by atoms with E-state index < -0.39 is 35.6 Å². The van der Waals surface area contributed by atoms with Crippen LogP contribution in [0.5, 0.6) is 0 Å². The number of benzene rings is 2. The molecule has 2 fully saturated rings. The molecule has 35 heavy (non-hydrogen) atoms. The average molecular weight is 501 g/mol. The molecule has 2 aliphatic rings. The number of halogens is 6. The quantitative estimate of drug-likeness (QED) is 0.530. The van der Waals surface area contributed by atoms with E-state index in [1.807, 2.05) is 0 Å². The Kier molecular flexibility index (Phi) is 7.01. The summed E-state index contributed by atoms with van der Waals surface area (Å²) >= 11 is 0. The zero-order chi connectivity index (χ0) is 25.3. The Morgan fingerprint density at radius 1 is 0.914 bits per heavy atom. The van der Waals surface area contributed by atoms with E-state index in [1.54, 1.807) is 35.2 Å². The first-order valence-corrected chi connectivity index (χ1v) is 11.2. The highest BCUT2D eigenvalue weighted by Gasteiger charge is 2.45. The summed E-state index contributed by atoms with van der Waals surface area (Å²) in [5.74, 6) is 0. The number of ether oxygens (including phenoxy) is 1. The van der Waals surface area contributed by atoms with E-state index in [1.165, 1.54) is 0 Å². The molecule has 0 aromatic heterocycles. The normalized spacial score (nSPS) is 21.5. The van der Waals surface area contributed by atoms with Gasteiger partial charge in [0.05, 0.1) is 37.6 Å². The third-order valence-corrected chi connectivity index (χ3v) is 6.25. The van der Waals surface area contributed by atoms with Crippen molar-refractivity contribution in [1.82, 2.24) is 15.1 Å². The lowest BCUT2D eigenvalue weighted by atomic mass is 9.91. The van der Waals surface area contributed by atoms with Crippen LogP contribution in [0.1, 0.15) is 35.1 Å². The number of amides is 2. The molecule has 0 saturated carbocycles. The van der Waals surface area contributed by atoms with Crippen LogP contribution < -0.4 is 5.32 Å². The fourth-order valence-electron chi connectivity index (χ4n) is 4.53. The number of likely N-dealkylation sites (tertiary alicyclic amines) is 1. The van der Waals surface area contributed by atoms with Crippen LogP contribution in [0.3, 0.4) is 0 Å². The predicted molar refractivity (Wildman–Crippen MR) is 115 cm³/mol. The maximum Gasteiger partial charge on any atom is 0.416 e. The number of nitrogens with zero attached hydrogens (tertiary/aromatic N) is 2. The number of rotatable bonds is 7. The van der Waals surface area contributed by atoms with Gasteiger partial charge in [0.2, 0.25) is 0 Å². The summed E-state index contributed by atoms with van der Waals surface area (Å²) in [5, 5.41) is 2.94. The van der Waals surface area contributed by atoms with Gasteiger partial charge in [0.1, 0.15) is 5.54 Å². The van der Waals surface area contributed by atoms with Crippen molar-refractivity contribution in [1.29, 1.82) is 0 Å². The van der Waals surface area contributed by atoms with Gasteiger partial charge in [0.15, 0.2) is 0 Å². The molecule has 2 saturated heterocycles. The van der Waals surface area contributed by atoms with E-state index in [9.17, 15) is 31.1 Å². The van der Waals surface area contributed by atoms with Crippen molar-refractivity contribution < 1.29 is 35.9 Å². The van der Waals surface area contributed by atoms with Crippen LogP contribution in [0, 0.1) is 0 Å². The molecule has 1 unspecified atom stereocenters. The summed E-state index contributed by atoms with van der Waals surface area (Å²) < 4.78 is 84.7. The molecule has 1 atom stereocenters. The van der Waals surface area contributed by atoms with Crippen molar-refractivity contribution in [3.05, 3.63) is 70.8 Å². The van der Waals surface area contributed by atoms with E-state index in [4.69, 9.17) is 4.74 Å². The SMILES string of the molecule is O=C1NC(COCc2cc(C(F)(F)F)cc(C(F)(F)F)c2)(c2ccccc2)CN1CN1CCCC1. The molecule has 0 aliphatic carbocycles. The molecule has 1 N–H and O–H groups in total. The van der Waals surface area contributed by atoms with Crippen molar-refractivity contribution in [2.75, 3.05) is 32.9 Å². The monoisotopic (exact) mass is 501 g/mol. The smallest absolute Gasteiger partial charge is 0.374 e. The number of urea groups is 1. The molecule has 2 aromatic carbocycles. The number of carbonyl (C=O) groups excluding carboxylic acids is 1. The van der Waals surface area contributed by atoms with Gasteiger partial charge in [-0.3, -0.25) is 4.90 Å². The number of hydrogen-bond acceptors (Lipinski definition) is 3. The maximum atomic E-state index is 13.2. The number of carbonyl (C=O) groups is 1. The first-order valence-electron chi connectivity index (χ1n) is 11.2. The summed E-state index contributed by atoms with van der Waals surface area (Å²) in [4.78, 5) is 16.6. The molecular formula is C24H25F6N3O2. The molecule has 4 rings (SSSR count). The first-order chi connectivity index (χ1) is 16.5. The number of hydrogen-bond donors (Lipinski definition) is 1. The van der Waals surface area contributed by atoms with Crippen molar-refractivity contribution >= 4 is 6.03 Å². The van der Waals surface area contributed by atoms with Gasteiger partial charge in [-0.2, -0.15) is 26.3 Å². The van der Waals surface area contributed by atoms with E-state index in [2.05, 4.69) is 10.2 Å². The fraction of sp³-hybridized carbons (Fsp3) is 0.458. The molecule has 2 heterocycles. The summed E-state index contributed by atoms with van der Waals surface area (Å²) in [5.41, 5.74) is -3.30. The van der Waals surface area contributed by atoms with Crippen molar-refractivity contribution in [3.8, 4) is 0 Å². The van der Waals surface area contributed by atoms with E-state index in [-0.39, 0.29) is 30.8 Å². The average Bonchev–Trinajstić information content (AvgIpc) is 3.42. The van der Waals surface area contributed by atoms with E-state index >= 15 is 0 Å². The van der Waals surface area contributed by atoms with E-state index in [0.29, 0.717) is 18.8 Å². The Bertz CT molecular complexity index is 1010. The molecule has 2 aliphatic heterocycles. The number of alkyl halides is 6. The van der Waals surface area contributed by atoms with Crippen LogP contribution in [-0.4, -0.2) is 48.7 Å². The highest BCUT2D eigenvalue weighted by atomic mass is 19.4. The fourth-order valence-corrected chi connectivity index (χ4v) is 4.53. The highest BCUT2D eigenvalue weighted by molar-refractivity contribution is 5.78. The highest BCUT2D eigenvalue weighted by Crippen LogP contribution is 2.37. The minimum absolute atomic E-state index is 0.0857. The van der Waals surface area contributed by atoms with Crippen LogP contribution in [0.25, 0.3) is 0 Å². The van der Waals surface area contributed by atoms with Crippen molar-refractivity contribution in [2.24, 2.45) is 0 Å². The van der Waals surface area contributed by atoms with Gasteiger partial charge < -0.3 is 15.0 Å². The minimum atomic E-state index is -4.93. The van der Waals surface area contributed by atoms with Crippen LogP contribution in [0.2, 0.25) is 0 Å². The third kappa shape index (κ3) is 5.90. The molecule has 5 nitrogen and oxygen atoms in total. The molecule has 2 aromatic rings. The molecular weight excluding hydrogens is 476 g/mol. The molecule has 2 amide bonds. The van der Waals surface area contributed by atoms with Gasteiger partial charge in [0, 0.05) is 0 Å². The summed E-state index contributed by atoms with van der Waals surface area (Å²) in [6.07, 6.45) is -7.76. The van der Waals surface area contributed by atoms with Gasteiger partial charge in [-0.05, 0) is 55.3 Å². The van der Waals surface area contributed by atoms with Gasteiger partial charge in [0.25, 0.3) is 0 Å². The molecule has 11 heteroatoms. The second-order valence-corrected chi connectivity index (χ2v) is 8.95. The number of nitrogens with one attached hydrogen (secondary N) is 1. The topological polar surface area (TPSA) is 44.8 Å². The Labute approximate surface area is 198 Å². The van der Waals surface area contributed by atoms with E-state index in [0.717, 1.165) is 31.5 Å². The second-order valence-electron chi connectivity index (χ2n) is 8.95. The van der Waals surface area contributed by atoms with Crippen molar-refractivity contribution in [3.63, 3.8) is 0 Å². The second kappa shape index (κ2) is 9.69. The zero-order valence-corrected chi connectivity index (χ0v) is 18.8. The Hall–Kier alpha value is -2.79. The lowest BCUT2D eigenvalue weighted by molar-refractivity contribution is -0.143. The third-order valence-electron chi connectivity index (χ3n) is 6.25. The minimum Gasteiger partial charge on any atom is -0.374 e. The molecule has 0 spiro atoms. The van der Waals surface area contributed by atoms with Crippen molar-refractivity contribution in [2.45, 2.75) is 37.3 Å². The molecule has 190 valence electrons. The summed E-state index contributed by atoms with van der Waals surface area (Å²) in [6, 6.07) is 10.1. The van der Waals surface area contributed by atoms with Gasteiger partial charge in [-0.25, -0.2) is 4.79 Å². The van der Waals surface area contributed by atoms with Crippen LogP contribution in [0.4, 0.5) is 31.1 Å².